The topological polar surface area (TPSA) is 88.7 Å². The molecule has 120 valence electrons. The van der Waals surface area contributed by atoms with Gasteiger partial charge in [0.25, 0.3) is 0 Å². The molecule has 22 heavy (non-hydrogen) atoms. The second-order valence-corrected chi connectivity index (χ2v) is 5.61. The SMILES string of the molecule is CC(C)NC(=O)CCN=C(N)NC1CCOc2ccccc21. The number of benzene rings is 1. The molecule has 1 aliphatic heterocycles. The van der Waals surface area contributed by atoms with Crippen LogP contribution >= 0.6 is 0 Å². The molecule has 0 saturated heterocycles. The highest BCUT2D eigenvalue weighted by molar-refractivity contribution is 5.80. The molecule has 0 saturated carbocycles. The molecule has 4 N–H and O–H groups in total. The van der Waals surface area contributed by atoms with Crippen molar-refractivity contribution in [2.45, 2.75) is 38.8 Å². The van der Waals surface area contributed by atoms with E-state index in [1.54, 1.807) is 0 Å². The van der Waals surface area contributed by atoms with Crippen LogP contribution in [0.1, 0.15) is 38.3 Å². The number of aliphatic imine (C=N–C) groups is 1. The van der Waals surface area contributed by atoms with Crippen LogP contribution in [0.4, 0.5) is 0 Å². The molecule has 0 fully saturated rings. The fourth-order valence-corrected chi connectivity index (χ4v) is 2.39. The predicted octanol–water partition coefficient (Wildman–Crippen LogP) is 1.33. The lowest BCUT2D eigenvalue weighted by molar-refractivity contribution is -0.121. The van der Waals surface area contributed by atoms with Crippen LogP contribution in [0.2, 0.25) is 0 Å². The highest BCUT2D eigenvalue weighted by atomic mass is 16.5. The van der Waals surface area contributed by atoms with E-state index >= 15 is 0 Å². The molecule has 0 bridgehead atoms. The smallest absolute Gasteiger partial charge is 0.222 e. The molecule has 1 amide bonds. The van der Waals surface area contributed by atoms with E-state index in [9.17, 15) is 4.79 Å². The normalized spacial score (nSPS) is 17.6. The Morgan fingerprint density at radius 1 is 1.45 bits per heavy atom. The minimum Gasteiger partial charge on any atom is -0.493 e. The van der Waals surface area contributed by atoms with Crippen LogP contribution in [0.3, 0.4) is 0 Å². The number of guanidine groups is 1. The molecule has 0 spiro atoms. The first kappa shape index (κ1) is 16.1. The van der Waals surface area contributed by atoms with Crippen LogP contribution in [-0.2, 0) is 4.79 Å². The first-order valence-electron chi connectivity index (χ1n) is 7.64. The van der Waals surface area contributed by atoms with Gasteiger partial charge in [0.1, 0.15) is 5.75 Å². The number of nitrogens with two attached hydrogens (primary N) is 1. The van der Waals surface area contributed by atoms with Crippen LogP contribution < -0.4 is 21.1 Å². The molecule has 1 atom stereocenters. The van der Waals surface area contributed by atoms with E-state index in [1.807, 2.05) is 38.1 Å². The zero-order chi connectivity index (χ0) is 15.9. The molecule has 6 heteroatoms. The summed E-state index contributed by atoms with van der Waals surface area (Å²) in [5.41, 5.74) is 7.00. The van der Waals surface area contributed by atoms with Gasteiger partial charge >= 0.3 is 0 Å². The van der Waals surface area contributed by atoms with Crippen molar-refractivity contribution in [3.63, 3.8) is 0 Å². The number of amides is 1. The summed E-state index contributed by atoms with van der Waals surface area (Å²) in [6.45, 7) is 4.89. The molecule has 1 aromatic carbocycles. The van der Waals surface area contributed by atoms with Gasteiger partial charge in [-0.25, -0.2) is 0 Å². The zero-order valence-electron chi connectivity index (χ0n) is 13.1. The van der Waals surface area contributed by atoms with E-state index < -0.39 is 0 Å². The van der Waals surface area contributed by atoms with E-state index in [-0.39, 0.29) is 18.0 Å². The number of hydrogen-bond acceptors (Lipinski definition) is 3. The number of para-hydroxylation sites is 1. The standard InChI is InChI=1S/C16H24N4O2/c1-11(2)19-15(21)7-9-18-16(17)20-13-8-10-22-14-6-4-3-5-12(13)14/h3-6,11,13H,7-10H2,1-2H3,(H,19,21)(H3,17,18,20). The number of nitrogens with one attached hydrogen (secondary N) is 2. The Balaban J connectivity index is 1.86. The fraction of sp³-hybridized carbons (Fsp3) is 0.500. The molecule has 1 heterocycles. The summed E-state index contributed by atoms with van der Waals surface area (Å²) in [6, 6.07) is 8.14. The van der Waals surface area contributed by atoms with Crippen LogP contribution in [0.25, 0.3) is 0 Å². The molecular weight excluding hydrogens is 280 g/mol. The van der Waals surface area contributed by atoms with Crippen LogP contribution in [0.15, 0.2) is 29.3 Å². The number of carbonyl (C=O) groups excluding carboxylic acids is 1. The highest BCUT2D eigenvalue weighted by Gasteiger charge is 2.21. The van der Waals surface area contributed by atoms with Crippen molar-refractivity contribution in [3.8, 4) is 5.75 Å². The van der Waals surface area contributed by atoms with Crippen molar-refractivity contribution in [2.75, 3.05) is 13.2 Å². The van der Waals surface area contributed by atoms with Crippen molar-refractivity contribution >= 4 is 11.9 Å². The predicted molar refractivity (Wildman–Crippen MR) is 86.8 cm³/mol. The molecule has 0 radical (unpaired) electrons. The van der Waals surface area contributed by atoms with Crippen molar-refractivity contribution in [2.24, 2.45) is 10.7 Å². The van der Waals surface area contributed by atoms with Gasteiger partial charge in [-0.1, -0.05) is 18.2 Å². The Hall–Kier alpha value is -2.24. The summed E-state index contributed by atoms with van der Waals surface area (Å²) in [5.74, 6) is 1.23. The molecule has 2 rings (SSSR count). The van der Waals surface area contributed by atoms with Gasteiger partial charge in [-0.3, -0.25) is 9.79 Å². The summed E-state index contributed by atoms with van der Waals surface area (Å²) in [7, 11) is 0. The number of hydrogen-bond donors (Lipinski definition) is 3. The first-order chi connectivity index (χ1) is 10.6. The Kier molecular flexibility index (Phi) is 5.63. The number of fused-ring (bicyclic) bond motifs is 1. The second-order valence-electron chi connectivity index (χ2n) is 5.61. The molecule has 1 aromatic rings. The van der Waals surface area contributed by atoms with Crippen molar-refractivity contribution in [3.05, 3.63) is 29.8 Å². The molecule has 0 aromatic heterocycles. The fourth-order valence-electron chi connectivity index (χ4n) is 2.39. The van der Waals surface area contributed by atoms with E-state index in [0.717, 1.165) is 17.7 Å². The average molecular weight is 304 g/mol. The molecular formula is C16H24N4O2. The summed E-state index contributed by atoms with van der Waals surface area (Å²) in [4.78, 5) is 15.8. The quantitative estimate of drug-likeness (QED) is 0.565. The van der Waals surface area contributed by atoms with Crippen LogP contribution in [-0.4, -0.2) is 31.1 Å². The van der Waals surface area contributed by atoms with Gasteiger partial charge < -0.3 is 21.1 Å². The van der Waals surface area contributed by atoms with Gasteiger partial charge in [0.15, 0.2) is 5.96 Å². The summed E-state index contributed by atoms with van der Waals surface area (Å²) >= 11 is 0. The van der Waals surface area contributed by atoms with E-state index in [2.05, 4.69) is 15.6 Å². The summed E-state index contributed by atoms with van der Waals surface area (Å²) in [5, 5.41) is 6.03. The van der Waals surface area contributed by atoms with Crippen molar-refractivity contribution < 1.29 is 9.53 Å². The summed E-state index contributed by atoms with van der Waals surface area (Å²) < 4.78 is 5.61. The third-order valence-corrected chi connectivity index (χ3v) is 3.35. The second kappa shape index (κ2) is 7.68. The minimum atomic E-state index is -0.0111. The third-order valence-electron chi connectivity index (χ3n) is 3.35. The Labute approximate surface area is 131 Å². The van der Waals surface area contributed by atoms with Gasteiger partial charge in [0, 0.05) is 24.4 Å². The molecule has 1 aliphatic rings. The maximum Gasteiger partial charge on any atom is 0.222 e. The highest BCUT2D eigenvalue weighted by Crippen LogP contribution is 2.31. The number of carbonyl (C=O) groups is 1. The monoisotopic (exact) mass is 304 g/mol. The van der Waals surface area contributed by atoms with Gasteiger partial charge in [0.05, 0.1) is 19.2 Å². The Morgan fingerprint density at radius 3 is 3.00 bits per heavy atom. The van der Waals surface area contributed by atoms with E-state index in [1.165, 1.54) is 0 Å². The van der Waals surface area contributed by atoms with E-state index in [0.29, 0.717) is 25.5 Å². The van der Waals surface area contributed by atoms with E-state index in [4.69, 9.17) is 10.5 Å². The van der Waals surface area contributed by atoms with Crippen molar-refractivity contribution in [1.29, 1.82) is 0 Å². The molecule has 0 aliphatic carbocycles. The minimum absolute atomic E-state index is 0.0111. The maximum absolute atomic E-state index is 11.5. The Morgan fingerprint density at radius 2 is 2.23 bits per heavy atom. The molecule has 1 unspecified atom stereocenters. The summed E-state index contributed by atoms with van der Waals surface area (Å²) in [6.07, 6.45) is 1.17. The Bertz CT molecular complexity index is 543. The lowest BCUT2D eigenvalue weighted by Crippen LogP contribution is -2.37. The third kappa shape index (κ3) is 4.65. The lowest BCUT2D eigenvalue weighted by atomic mass is 10.0. The van der Waals surface area contributed by atoms with Gasteiger partial charge in [-0.2, -0.15) is 0 Å². The molecule has 6 nitrogen and oxygen atoms in total. The van der Waals surface area contributed by atoms with Gasteiger partial charge in [0.2, 0.25) is 5.91 Å². The zero-order valence-corrected chi connectivity index (χ0v) is 13.1. The van der Waals surface area contributed by atoms with Gasteiger partial charge in [-0.15, -0.1) is 0 Å². The van der Waals surface area contributed by atoms with Crippen LogP contribution in [0.5, 0.6) is 5.75 Å². The van der Waals surface area contributed by atoms with Crippen LogP contribution in [0, 0.1) is 0 Å². The number of rotatable bonds is 5. The van der Waals surface area contributed by atoms with Gasteiger partial charge in [-0.05, 0) is 19.9 Å². The lowest BCUT2D eigenvalue weighted by Gasteiger charge is -2.26. The first-order valence-corrected chi connectivity index (χ1v) is 7.64. The maximum atomic E-state index is 11.5. The van der Waals surface area contributed by atoms with Crippen molar-refractivity contribution in [1.82, 2.24) is 10.6 Å². The average Bonchev–Trinajstić information content (AvgIpc) is 2.47. The number of nitrogens with zero attached hydrogens (tertiary/aromatic N) is 1. The number of ether oxygens (including phenoxy) is 1. The largest absolute Gasteiger partial charge is 0.493 e.